The molecule has 0 aromatic heterocycles. The summed E-state index contributed by atoms with van der Waals surface area (Å²) in [5.74, 6) is -2.96. The summed E-state index contributed by atoms with van der Waals surface area (Å²) >= 11 is 12.3. The first-order valence-electron chi connectivity index (χ1n) is 11.0. The van der Waals surface area contributed by atoms with Crippen LogP contribution in [-0.2, 0) is 14.4 Å². The van der Waals surface area contributed by atoms with Gasteiger partial charge >= 0.3 is 5.97 Å². The van der Waals surface area contributed by atoms with Gasteiger partial charge in [0.25, 0.3) is 0 Å². The van der Waals surface area contributed by atoms with Crippen LogP contribution in [0.25, 0.3) is 0 Å². The maximum absolute atomic E-state index is 13.6. The minimum absolute atomic E-state index is 0.189. The van der Waals surface area contributed by atoms with E-state index < -0.39 is 35.7 Å². The van der Waals surface area contributed by atoms with Crippen LogP contribution in [-0.4, -0.2) is 29.4 Å². The number of carbonyl (C=O) groups is 3. The van der Waals surface area contributed by atoms with Gasteiger partial charge in [-0.1, -0.05) is 54.4 Å². The molecule has 1 aliphatic heterocycles. The number of hydrogen-bond donors (Lipinski definition) is 3. The van der Waals surface area contributed by atoms with Crippen molar-refractivity contribution in [2.24, 2.45) is 11.3 Å². The summed E-state index contributed by atoms with van der Waals surface area (Å²) in [7, 11) is 0. The fourth-order valence-corrected chi connectivity index (χ4v) is 5.32. The standard InChI is InChI=1S/C25H28Cl2N2O4/c1-3-20(23(32)28-4-2)25(14-21(30)31)13-19(16-6-5-7-18(27)12-16)22(29-24(25)33)15-8-10-17(26)11-9-15/h5-12,19-20,22H,3-4,13-14H2,1-2H3,(H,28,32)(H,29,33)(H,30,31)/t19-,20+,22-,25-/m1/s1. The van der Waals surface area contributed by atoms with Crippen molar-refractivity contribution in [3.8, 4) is 0 Å². The van der Waals surface area contributed by atoms with Gasteiger partial charge in [0.2, 0.25) is 11.8 Å². The van der Waals surface area contributed by atoms with E-state index in [0.29, 0.717) is 23.0 Å². The van der Waals surface area contributed by atoms with Crippen molar-refractivity contribution in [3.63, 3.8) is 0 Å². The lowest BCUT2D eigenvalue weighted by atomic mass is 9.60. The first-order chi connectivity index (χ1) is 15.7. The normalized spacial score (nSPS) is 23.5. The topological polar surface area (TPSA) is 95.5 Å². The van der Waals surface area contributed by atoms with Gasteiger partial charge in [-0.05, 0) is 55.2 Å². The van der Waals surface area contributed by atoms with E-state index >= 15 is 0 Å². The Balaban J connectivity index is 2.15. The molecule has 1 fully saturated rings. The molecule has 1 saturated heterocycles. The van der Waals surface area contributed by atoms with Gasteiger partial charge in [-0.2, -0.15) is 0 Å². The number of carbonyl (C=O) groups excluding carboxylic acids is 2. The molecule has 176 valence electrons. The van der Waals surface area contributed by atoms with Gasteiger partial charge in [0.1, 0.15) is 0 Å². The van der Waals surface area contributed by atoms with Crippen molar-refractivity contribution >= 4 is 41.0 Å². The van der Waals surface area contributed by atoms with E-state index in [1.807, 2.05) is 30.3 Å². The van der Waals surface area contributed by atoms with Crippen LogP contribution < -0.4 is 10.6 Å². The van der Waals surface area contributed by atoms with Crippen molar-refractivity contribution in [2.75, 3.05) is 6.54 Å². The van der Waals surface area contributed by atoms with Gasteiger partial charge in [0.05, 0.1) is 23.8 Å². The summed E-state index contributed by atoms with van der Waals surface area (Å²) < 4.78 is 0. The van der Waals surface area contributed by atoms with E-state index in [1.165, 1.54) is 0 Å². The van der Waals surface area contributed by atoms with E-state index in [0.717, 1.165) is 11.1 Å². The average Bonchev–Trinajstić information content (AvgIpc) is 2.76. The molecule has 6 nitrogen and oxygen atoms in total. The largest absolute Gasteiger partial charge is 0.481 e. The molecule has 1 aliphatic rings. The summed E-state index contributed by atoms with van der Waals surface area (Å²) in [6.07, 6.45) is 0.0771. The lowest BCUT2D eigenvalue weighted by Gasteiger charge is -2.47. The van der Waals surface area contributed by atoms with Gasteiger partial charge in [0.15, 0.2) is 0 Å². The summed E-state index contributed by atoms with van der Waals surface area (Å²) in [6, 6.07) is 14.1. The third-order valence-electron chi connectivity index (χ3n) is 6.44. The summed E-state index contributed by atoms with van der Waals surface area (Å²) in [5, 5.41) is 16.7. The molecule has 33 heavy (non-hydrogen) atoms. The quantitative estimate of drug-likeness (QED) is 0.487. The molecule has 8 heteroatoms. The molecule has 1 heterocycles. The molecule has 3 N–H and O–H groups in total. The molecule has 2 aromatic rings. The predicted molar refractivity (Wildman–Crippen MR) is 128 cm³/mol. The second-order valence-corrected chi connectivity index (χ2v) is 9.32. The number of rotatable bonds is 8. The van der Waals surface area contributed by atoms with Crippen LogP contribution >= 0.6 is 23.2 Å². The van der Waals surface area contributed by atoms with Gasteiger partial charge in [-0.3, -0.25) is 14.4 Å². The number of halogens is 2. The third kappa shape index (κ3) is 5.33. The molecule has 0 unspecified atom stereocenters. The van der Waals surface area contributed by atoms with Crippen LogP contribution in [0.4, 0.5) is 0 Å². The Bertz CT molecular complexity index is 1030. The lowest BCUT2D eigenvalue weighted by molar-refractivity contribution is -0.155. The molecule has 0 spiro atoms. The van der Waals surface area contributed by atoms with Crippen LogP contribution in [0.15, 0.2) is 48.5 Å². The van der Waals surface area contributed by atoms with Crippen LogP contribution in [0.3, 0.4) is 0 Å². The number of amides is 2. The molecule has 0 saturated carbocycles. The van der Waals surface area contributed by atoms with Crippen molar-refractivity contribution in [3.05, 3.63) is 69.7 Å². The highest BCUT2D eigenvalue weighted by Gasteiger charge is 2.55. The van der Waals surface area contributed by atoms with E-state index in [2.05, 4.69) is 10.6 Å². The maximum Gasteiger partial charge on any atom is 0.304 e. The maximum atomic E-state index is 13.6. The molecular formula is C25H28Cl2N2O4. The first kappa shape index (κ1) is 25.1. The number of aliphatic carboxylic acids is 1. The number of hydrogen-bond acceptors (Lipinski definition) is 3. The van der Waals surface area contributed by atoms with Gasteiger partial charge in [-0.25, -0.2) is 0 Å². The van der Waals surface area contributed by atoms with Crippen LogP contribution in [0.5, 0.6) is 0 Å². The highest BCUT2D eigenvalue weighted by atomic mass is 35.5. The fourth-order valence-electron chi connectivity index (χ4n) is 4.99. The van der Waals surface area contributed by atoms with Crippen molar-refractivity contribution in [1.82, 2.24) is 10.6 Å². The zero-order valence-electron chi connectivity index (χ0n) is 18.6. The molecule has 0 bridgehead atoms. The second-order valence-electron chi connectivity index (χ2n) is 8.45. The molecular weight excluding hydrogens is 463 g/mol. The van der Waals surface area contributed by atoms with E-state index in [4.69, 9.17) is 23.2 Å². The van der Waals surface area contributed by atoms with Crippen LogP contribution in [0, 0.1) is 11.3 Å². The van der Waals surface area contributed by atoms with Crippen LogP contribution in [0.2, 0.25) is 10.0 Å². The summed E-state index contributed by atoms with van der Waals surface area (Å²) in [6.45, 7) is 3.99. The zero-order chi connectivity index (χ0) is 24.2. The third-order valence-corrected chi connectivity index (χ3v) is 6.93. The number of piperidine rings is 1. The predicted octanol–water partition coefficient (Wildman–Crippen LogP) is 4.96. The lowest BCUT2D eigenvalue weighted by Crippen LogP contribution is -2.57. The van der Waals surface area contributed by atoms with Gasteiger partial charge in [0, 0.05) is 22.5 Å². The van der Waals surface area contributed by atoms with Crippen molar-refractivity contribution in [1.29, 1.82) is 0 Å². The van der Waals surface area contributed by atoms with Crippen molar-refractivity contribution < 1.29 is 19.5 Å². The van der Waals surface area contributed by atoms with Crippen molar-refractivity contribution in [2.45, 2.75) is 45.1 Å². The minimum atomic E-state index is -1.41. The Morgan fingerprint density at radius 3 is 2.39 bits per heavy atom. The Morgan fingerprint density at radius 2 is 1.82 bits per heavy atom. The molecule has 0 aliphatic carbocycles. The first-order valence-corrected chi connectivity index (χ1v) is 11.8. The monoisotopic (exact) mass is 490 g/mol. The minimum Gasteiger partial charge on any atom is -0.481 e. The zero-order valence-corrected chi connectivity index (χ0v) is 20.1. The molecule has 3 rings (SSSR count). The second kappa shape index (κ2) is 10.6. The smallest absolute Gasteiger partial charge is 0.304 e. The highest BCUT2D eigenvalue weighted by molar-refractivity contribution is 6.30. The molecule has 4 atom stereocenters. The van der Waals surface area contributed by atoms with Gasteiger partial charge in [-0.15, -0.1) is 0 Å². The summed E-state index contributed by atoms with van der Waals surface area (Å²) in [5.41, 5.74) is 0.297. The Morgan fingerprint density at radius 1 is 1.12 bits per heavy atom. The average molecular weight is 491 g/mol. The van der Waals surface area contributed by atoms with E-state index in [-0.39, 0.29) is 18.2 Å². The number of carboxylic acids is 1. The van der Waals surface area contributed by atoms with Gasteiger partial charge < -0.3 is 15.7 Å². The summed E-state index contributed by atoms with van der Waals surface area (Å²) in [4.78, 5) is 38.6. The Kier molecular flexibility index (Phi) is 8.03. The number of benzene rings is 2. The number of nitrogens with one attached hydrogen (secondary N) is 2. The van der Waals surface area contributed by atoms with E-state index in [9.17, 15) is 19.5 Å². The fraction of sp³-hybridized carbons (Fsp3) is 0.400. The Hall–Kier alpha value is -2.57. The highest BCUT2D eigenvalue weighted by Crippen LogP contribution is 2.51. The molecule has 2 amide bonds. The molecule has 0 radical (unpaired) electrons. The van der Waals surface area contributed by atoms with E-state index in [1.54, 1.807) is 32.0 Å². The Labute approximate surface area is 203 Å². The molecule has 2 aromatic carbocycles. The van der Waals surface area contributed by atoms with Crippen LogP contribution in [0.1, 0.15) is 56.2 Å². The SMILES string of the molecule is CCNC(=O)[C@H](CC)[C@]1(CC(=O)O)C[C@H](c2cccc(Cl)c2)[C@@H](c2ccc(Cl)cc2)NC1=O. The number of carboxylic acid groups (broad SMARTS) is 1.